The molecule has 1 aliphatic carbocycles. The highest BCUT2D eigenvalue weighted by Crippen LogP contribution is 2.62. The molecule has 2 aliphatic rings. The van der Waals surface area contributed by atoms with E-state index >= 15 is 0 Å². The molecule has 1 aliphatic heterocycles. The average molecular weight is 345 g/mol. The normalized spacial score (nSPS) is 25.4. The van der Waals surface area contributed by atoms with E-state index in [0.29, 0.717) is 24.3 Å². The second kappa shape index (κ2) is 4.88. The van der Waals surface area contributed by atoms with Crippen LogP contribution in [-0.2, 0) is 4.74 Å². The van der Waals surface area contributed by atoms with E-state index in [9.17, 15) is 9.90 Å². The van der Waals surface area contributed by atoms with E-state index in [1.54, 1.807) is 22.3 Å². The maximum absolute atomic E-state index is 12.7. The standard InChI is InChI=1S/C19H23NO3S/c1-9-8-24-17-13(21)6-12-16(14(9)17)15-10(2)11(15)7-20(12)18(22)23-19(3,4)5/h6,8,10-11,15,21H,7H2,1-5H3/t10-,11?,15?/m0/s1. The number of amides is 1. The van der Waals surface area contributed by atoms with Gasteiger partial charge in [0.15, 0.2) is 0 Å². The van der Waals surface area contributed by atoms with Crippen molar-refractivity contribution in [3.8, 4) is 5.75 Å². The lowest BCUT2D eigenvalue weighted by Crippen LogP contribution is -2.40. The number of hydrogen-bond acceptors (Lipinski definition) is 4. The van der Waals surface area contributed by atoms with Gasteiger partial charge in [0.1, 0.15) is 11.4 Å². The minimum absolute atomic E-state index is 0.252. The number of ether oxygens (including phenoxy) is 1. The molecule has 2 unspecified atom stereocenters. The first kappa shape index (κ1) is 15.8. The van der Waals surface area contributed by atoms with Crippen LogP contribution < -0.4 is 4.90 Å². The fourth-order valence-corrected chi connectivity index (χ4v) is 5.01. The maximum Gasteiger partial charge on any atom is 0.414 e. The Labute approximate surface area is 146 Å². The van der Waals surface area contributed by atoms with Crippen LogP contribution in [0.25, 0.3) is 10.1 Å². The summed E-state index contributed by atoms with van der Waals surface area (Å²) in [5.74, 6) is 1.78. The van der Waals surface area contributed by atoms with Crippen LogP contribution in [0.4, 0.5) is 10.5 Å². The van der Waals surface area contributed by atoms with Crippen molar-refractivity contribution in [2.24, 2.45) is 11.8 Å². The predicted molar refractivity (Wildman–Crippen MR) is 97.2 cm³/mol. The molecule has 0 spiro atoms. The number of phenolic OH excluding ortho intramolecular Hbond substituents is 1. The Morgan fingerprint density at radius 1 is 1.42 bits per heavy atom. The lowest BCUT2D eigenvalue weighted by atomic mass is 9.95. The highest BCUT2D eigenvalue weighted by Gasteiger charge is 2.54. The number of fused-ring (bicyclic) bond motifs is 5. The number of thiophene rings is 1. The first-order valence-corrected chi connectivity index (χ1v) is 9.31. The van der Waals surface area contributed by atoms with Gasteiger partial charge in [0.2, 0.25) is 0 Å². The number of aromatic hydroxyl groups is 1. The molecule has 4 nitrogen and oxygen atoms in total. The van der Waals surface area contributed by atoms with Gasteiger partial charge < -0.3 is 9.84 Å². The Balaban J connectivity index is 1.89. The zero-order valence-corrected chi connectivity index (χ0v) is 15.5. The lowest BCUT2D eigenvalue weighted by Gasteiger charge is -2.32. The Hall–Kier alpha value is -1.75. The number of nitrogens with zero attached hydrogens (tertiary/aromatic N) is 1. The van der Waals surface area contributed by atoms with Crippen molar-refractivity contribution >= 4 is 33.2 Å². The molecular weight excluding hydrogens is 322 g/mol. The van der Waals surface area contributed by atoms with Crippen LogP contribution in [0.15, 0.2) is 11.4 Å². The van der Waals surface area contributed by atoms with Crippen LogP contribution in [0.5, 0.6) is 5.75 Å². The summed E-state index contributed by atoms with van der Waals surface area (Å²) in [4.78, 5) is 14.5. The molecule has 128 valence electrons. The third kappa shape index (κ3) is 2.21. The Kier molecular flexibility index (Phi) is 3.21. The molecule has 2 heterocycles. The Morgan fingerprint density at radius 3 is 2.79 bits per heavy atom. The fourth-order valence-electron chi connectivity index (χ4n) is 4.03. The Bertz CT molecular complexity index is 848. The smallest absolute Gasteiger partial charge is 0.414 e. The number of rotatable bonds is 0. The molecular formula is C19H23NO3S. The zero-order valence-electron chi connectivity index (χ0n) is 14.7. The molecule has 0 radical (unpaired) electrons. The van der Waals surface area contributed by atoms with E-state index in [0.717, 1.165) is 15.8 Å². The maximum atomic E-state index is 12.7. The molecule has 1 fully saturated rings. The molecule has 1 aromatic heterocycles. The number of benzene rings is 1. The van der Waals surface area contributed by atoms with E-state index in [1.165, 1.54) is 11.1 Å². The molecule has 0 saturated heterocycles. The van der Waals surface area contributed by atoms with Crippen LogP contribution in [0.2, 0.25) is 0 Å². The van der Waals surface area contributed by atoms with Crippen LogP contribution in [-0.4, -0.2) is 23.3 Å². The van der Waals surface area contributed by atoms with Gasteiger partial charge in [-0.3, -0.25) is 4.90 Å². The number of carbonyl (C=O) groups is 1. The molecule has 1 N–H and O–H groups in total. The lowest BCUT2D eigenvalue weighted by molar-refractivity contribution is 0.0576. The molecule has 1 saturated carbocycles. The molecule has 1 amide bonds. The zero-order chi connectivity index (χ0) is 17.4. The largest absolute Gasteiger partial charge is 0.506 e. The fraction of sp³-hybridized carbons (Fsp3) is 0.526. The van der Waals surface area contributed by atoms with Gasteiger partial charge in [-0.25, -0.2) is 4.79 Å². The monoisotopic (exact) mass is 345 g/mol. The van der Waals surface area contributed by atoms with Gasteiger partial charge in [-0.1, -0.05) is 6.92 Å². The minimum atomic E-state index is -0.534. The summed E-state index contributed by atoms with van der Waals surface area (Å²) < 4.78 is 6.53. The van der Waals surface area contributed by atoms with Gasteiger partial charge >= 0.3 is 6.09 Å². The van der Waals surface area contributed by atoms with E-state index < -0.39 is 5.60 Å². The summed E-state index contributed by atoms with van der Waals surface area (Å²) in [7, 11) is 0. The van der Waals surface area contributed by atoms with Crippen molar-refractivity contribution in [1.82, 2.24) is 0 Å². The second-order valence-corrected chi connectivity index (χ2v) is 8.97. The molecule has 2 aromatic rings. The SMILES string of the molecule is Cc1csc2c(O)cc3c(c12)C1C(CN3C(=O)OC(C)(C)C)[C@@H]1C. The quantitative estimate of drug-likeness (QED) is 0.729. The van der Waals surface area contributed by atoms with Crippen molar-refractivity contribution in [2.75, 3.05) is 11.4 Å². The number of carbonyl (C=O) groups excluding carboxylic acids is 1. The van der Waals surface area contributed by atoms with Crippen molar-refractivity contribution in [3.05, 3.63) is 22.6 Å². The van der Waals surface area contributed by atoms with Crippen LogP contribution in [0, 0.1) is 18.8 Å². The highest BCUT2D eigenvalue weighted by molar-refractivity contribution is 7.17. The van der Waals surface area contributed by atoms with Gasteiger partial charge in [-0.15, -0.1) is 11.3 Å². The van der Waals surface area contributed by atoms with E-state index in [1.807, 2.05) is 20.8 Å². The molecule has 24 heavy (non-hydrogen) atoms. The number of aryl methyl sites for hydroxylation is 1. The summed E-state index contributed by atoms with van der Waals surface area (Å²) >= 11 is 1.57. The molecule has 3 atom stereocenters. The van der Waals surface area contributed by atoms with Crippen LogP contribution >= 0.6 is 11.3 Å². The van der Waals surface area contributed by atoms with E-state index in [2.05, 4.69) is 19.2 Å². The molecule has 4 rings (SSSR count). The van der Waals surface area contributed by atoms with Gasteiger partial charge in [0, 0.05) is 18.0 Å². The first-order valence-electron chi connectivity index (χ1n) is 8.43. The summed E-state index contributed by atoms with van der Waals surface area (Å²) in [5.41, 5.74) is 2.68. The average Bonchev–Trinajstić information content (AvgIpc) is 2.94. The van der Waals surface area contributed by atoms with Crippen molar-refractivity contribution in [3.63, 3.8) is 0 Å². The third-order valence-corrected chi connectivity index (χ3v) is 6.34. The van der Waals surface area contributed by atoms with Gasteiger partial charge in [0.25, 0.3) is 0 Å². The minimum Gasteiger partial charge on any atom is -0.506 e. The summed E-state index contributed by atoms with van der Waals surface area (Å²) in [6.45, 7) is 10.6. The van der Waals surface area contributed by atoms with Crippen LogP contribution in [0.1, 0.15) is 44.7 Å². The van der Waals surface area contributed by atoms with Crippen molar-refractivity contribution in [1.29, 1.82) is 0 Å². The molecule has 1 aromatic carbocycles. The predicted octanol–water partition coefficient (Wildman–Crippen LogP) is 5.02. The van der Waals surface area contributed by atoms with Crippen molar-refractivity contribution < 1.29 is 14.6 Å². The molecule has 0 bridgehead atoms. The first-order chi connectivity index (χ1) is 11.2. The Morgan fingerprint density at radius 2 is 2.12 bits per heavy atom. The summed E-state index contributed by atoms with van der Waals surface area (Å²) in [6.07, 6.45) is -0.326. The van der Waals surface area contributed by atoms with Gasteiger partial charge in [-0.05, 0) is 62.0 Å². The van der Waals surface area contributed by atoms with Gasteiger partial charge in [-0.2, -0.15) is 0 Å². The summed E-state index contributed by atoms with van der Waals surface area (Å²) in [6, 6.07) is 1.75. The van der Waals surface area contributed by atoms with Crippen molar-refractivity contribution in [2.45, 2.75) is 46.1 Å². The topological polar surface area (TPSA) is 49.8 Å². The number of hydrogen-bond donors (Lipinski definition) is 1. The second-order valence-electron chi connectivity index (χ2n) is 8.09. The number of phenols is 1. The van der Waals surface area contributed by atoms with Gasteiger partial charge in [0.05, 0.1) is 10.4 Å². The molecule has 5 heteroatoms. The van der Waals surface area contributed by atoms with Crippen LogP contribution in [0.3, 0.4) is 0 Å². The van der Waals surface area contributed by atoms with E-state index in [4.69, 9.17) is 4.74 Å². The summed E-state index contributed by atoms with van der Waals surface area (Å²) in [5, 5.41) is 13.7. The number of anilines is 1. The highest BCUT2D eigenvalue weighted by atomic mass is 32.1. The van der Waals surface area contributed by atoms with E-state index in [-0.39, 0.29) is 11.8 Å². The third-order valence-electron chi connectivity index (χ3n) is 5.22.